The van der Waals surface area contributed by atoms with E-state index in [-0.39, 0.29) is 0 Å². The molecule has 228 valence electrons. The van der Waals surface area contributed by atoms with Gasteiger partial charge in [-0.1, -0.05) is 121 Å². The second-order valence-corrected chi connectivity index (χ2v) is 12.8. The Kier molecular flexibility index (Phi) is 5.38. The highest BCUT2D eigenvalue weighted by Gasteiger charge is 2.22. The summed E-state index contributed by atoms with van der Waals surface area (Å²) in [6.07, 6.45) is 0. The summed E-state index contributed by atoms with van der Waals surface area (Å²) in [5, 5.41) is 10.1. The van der Waals surface area contributed by atoms with Gasteiger partial charge in [0.15, 0.2) is 0 Å². The van der Waals surface area contributed by atoms with Crippen LogP contribution in [0.15, 0.2) is 171 Å². The summed E-state index contributed by atoms with van der Waals surface area (Å²) in [6, 6.07) is 55.3. The third-order valence-corrected chi connectivity index (χ3v) is 10.1. The van der Waals surface area contributed by atoms with Crippen LogP contribution in [0, 0.1) is 0 Å². The fraction of sp³-hybridized carbons (Fsp3) is 0. The Morgan fingerprint density at radius 1 is 0.327 bits per heavy atom. The van der Waals surface area contributed by atoms with Crippen molar-refractivity contribution in [1.82, 2.24) is 0 Å². The predicted octanol–water partition coefficient (Wildman–Crippen LogP) is 13.5. The van der Waals surface area contributed by atoms with Crippen molar-refractivity contribution in [2.24, 2.45) is 0 Å². The van der Waals surface area contributed by atoms with Crippen molar-refractivity contribution >= 4 is 76.4 Å². The van der Waals surface area contributed by atoms with Gasteiger partial charge in [-0.3, -0.25) is 0 Å². The molecule has 0 fully saturated rings. The largest absolute Gasteiger partial charge is 0.456 e. The lowest BCUT2D eigenvalue weighted by atomic mass is 9.85. The van der Waals surface area contributed by atoms with E-state index in [0.29, 0.717) is 0 Å². The van der Waals surface area contributed by atoms with Gasteiger partial charge in [-0.15, -0.1) is 0 Å². The first-order chi connectivity index (χ1) is 24.3. The zero-order chi connectivity index (χ0) is 32.1. The molecule has 3 nitrogen and oxygen atoms in total. The van der Waals surface area contributed by atoms with Crippen molar-refractivity contribution in [2.75, 3.05) is 0 Å². The number of para-hydroxylation sites is 2. The van der Waals surface area contributed by atoms with E-state index >= 15 is 0 Å². The highest BCUT2D eigenvalue weighted by atomic mass is 16.3. The van der Waals surface area contributed by atoms with Crippen molar-refractivity contribution in [3.05, 3.63) is 158 Å². The maximum absolute atomic E-state index is 6.78. The van der Waals surface area contributed by atoms with Crippen LogP contribution in [0.1, 0.15) is 0 Å². The molecule has 0 spiro atoms. The molecule has 0 aliphatic rings. The molecule has 0 saturated carbocycles. The summed E-state index contributed by atoms with van der Waals surface area (Å²) >= 11 is 0. The summed E-state index contributed by atoms with van der Waals surface area (Å²) in [5.74, 6) is 0.849. The fourth-order valence-corrected chi connectivity index (χ4v) is 7.93. The third-order valence-electron chi connectivity index (χ3n) is 10.1. The molecule has 0 aliphatic carbocycles. The zero-order valence-electron chi connectivity index (χ0n) is 26.2. The van der Waals surface area contributed by atoms with Crippen molar-refractivity contribution < 1.29 is 13.3 Å². The van der Waals surface area contributed by atoms with E-state index in [1.165, 1.54) is 27.1 Å². The van der Waals surface area contributed by atoms with E-state index in [9.17, 15) is 0 Å². The van der Waals surface area contributed by atoms with Crippen molar-refractivity contribution in [2.45, 2.75) is 0 Å². The van der Waals surface area contributed by atoms with E-state index in [1.807, 2.05) is 30.3 Å². The highest BCUT2D eigenvalue weighted by molar-refractivity contribution is 6.26. The molecule has 3 aromatic heterocycles. The van der Waals surface area contributed by atoms with Gasteiger partial charge in [0.2, 0.25) is 0 Å². The maximum Gasteiger partial charge on any atom is 0.146 e. The molecular formula is C46H26O3. The van der Waals surface area contributed by atoms with Gasteiger partial charge in [0.05, 0.1) is 5.39 Å². The number of furan rings is 3. The molecular weight excluding hydrogens is 601 g/mol. The second kappa shape index (κ2) is 9.96. The van der Waals surface area contributed by atoms with Crippen LogP contribution in [0.3, 0.4) is 0 Å². The number of hydrogen-bond acceptors (Lipinski definition) is 3. The van der Waals surface area contributed by atoms with E-state index in [0.717, 1.165) is 82.9 Å². The van der Waals surface area contributed by atoms with E-state index in [2.05, 4.69) is 127 Å². The minimum absolute atomic E-state index is 0.813. The quantitative estimate of drug-likeness (QED) is 0.183. The monoisotopic (exact) mass is 626 g/mol. The molecule has 3 heterocycles. The smallest absolute Gasteiger partial charge is 0.146 e. The van der Waals surface area contributed by atoms with Gasteiger partial charge in [0.1, 0.15) is 33.7 Å². The van der Waals surface area contributed by atoms with Crippen molar-refractivity contribution in [1.29, 1.82) is 0 Å². The molecule has 0 atom stereocenters. The van der Waals surface area contributed by atoms with Gasteiger partial charge in [-0.25, -0.2) is 0 Å². The first-order valence-corrected chi connectivity index (χ1v) is 16.6. The molecule has 11 rings (SSSR count). The molecule has 3 heteroatoms. The minimum atomic E-state index is 0.813. The molecule has 0 bridgehead atoms. The average molecular weight is 627 g/mol. The van der Waals surface area contributed by atoms with Gasteiger partial charge >= 0.3 is 0 Å². The molecule has 0 N–H and O–H groups in total. The van der Waals surface area contributed by atoms with Crippen LogP contribution in [-0.4, -0.2) is 0 Å². The number of fused-ring (bicyclic) bond motifs is 10. The molecule has 0 unspecified atom stereocenters. The van der Waals surface area contributed by atoms with Crippen LogP contribution in [0.4, 0.5) is 0 Å². The van der Waals surface area contributed by atoms with Crippen LogP contribution in [0.25, 0.3) is 110 Å². The van der Waals surface area contributed by atoms with Crippen LogP contribution in [-0.2, 0) is 0 Å². The Morgan fingerprint density at radius 2 is 0.980 bits per heavy atom. The molecule has 0 saturated heterocycles. The average Bonchev–Trinajstić information content (AvgIpc) is 3.87. The fourth-order valence-electron chi connectivity index (χ4n) is 7.93. The van der Waals surface area contributed by atoms with E-state index in [4.69, 9.17) is 13.3 Å². The summed E-state index contributed by atoms with van der Waals surface area (Å²) < 4.78 is 19.7. The van der Waals surface area contributed by atoms with Gasteiger partial charge in [0, 0.05) is 38.2 Å². The van der Waals surface area contributed by atoms with Gasteiger partial charge in [-0.2, -0.15) is 0 Å². The summed E-state index contributed by atoms with van der Waals surface area (Å²) in [5.41, 5.74) is 9.90. The van der Waals surface area contributed by atoms with E-state index in [1.54, 1.807) is 0 Å². The summed E-state index contributed by atoms with van der Waals surface area (Å²) in [4.78, 5) is 0. The molecule has 0 amide bonds. The van der Waals surface area contributed by atoms with Crippen LogP contribution >= 0.6 is 0 Å². The third kappa shape index (κ3) is 3.78. The Labute approximate surface area is 280 Å². The topological polar surface area (TPSA) is 39.4 Å². The van der Waals surface area contributed by atoms with Crippen LogP contribution < -0.4 is 0 Å². The second-order valence-electron chi connectivity index (χ2n) is 12.8. The Bertz CT molecular complexity index is 3040. The van der Waals surface area contributed by atoms with Crippen molar-refractivity contribution in [3.63, 3.8) is 0 Å². The number of benzene rings is 8. The maximum atomic E-state index is 6.78. The Morgan fingerprint density at radius 3 is 1.76 bits per heavy atom. The minimum Gasteiger partial charge on any atom is -0.456 e. The summed E-state index contributed by atoms with van der Waals surface area (Å²) in [7, 11) is 0. The zero-order valence-corrected chi connectivity index (χ0v) is 26.2. The predicted molar refractivity (Wildman–Crippen MR) is 202 cm³/mol. The van der Waals surface area contributed by atoms with Crippen LogP contribution in [0.2, 0.25) is 0 Å². The van der Waals surface area contributed by atoms with Crippen LogP contribution in [0.5, 0.6) is 0 Å². The van der Waals surface area contributed by atoms with Gasteiger partial charge < -0.3 is 13.3 Å². The lowest BCUT2D eigenvalue weighted by molar-refractivity contribution is 0.633. The number of hydrogen-bond donors (Lipinski definition) is 0. The number of rotatable bonds is 3. The molecule has 0 aliphatic heterocycles. The standard InChI is InChI=1S/C46H26O3/c1-2-11-27(12-3-1)40-26-29-22-24-39-44(45(29)49-40)37-19-10-18-36(46(37)48-39)43-34-16-6-4-14-32(34)42(33-15-5-7-17-35(33)43)28-21-23-31-30-13-8-9-20-38(30)47-41(31)25-28/h1-26H. The highest BCUT2D eigenvalue weighted by Crippen LogP contribution is 2.48. The normalized spacial score (nSPS) is 12.1. The Hall–Kier alpha value is -6.58. The molecule has 49 heavy (non-hydrogen) atoms. The SMILES string of the molecule is c1ccc(-c2cc3ccc4oc5c(-c6c7ccccc7c(-c7ccc8c(c7)oc7ccccc78)c7ccccc67)cccc5c4c3o2)cc1. The van der Waals surface area contributed by atoms with E-state index < -0.39 is 0 Å². The first kappa shape index (κ1) is 26.5. The molecule has 11 aromatic rings. The first-order valence-electron chi connectivity index (χ1n) is 16.6. The van der Waals surface area contributed by atoms with Gasteiger partial charge in [0.25, 0.3) is 0 Å². The summed E-state index contributed by atoms with van der Waals surface area (Å²) in [6.45, 7) is 0. The Balaban J connectivity index is 1.19. The molecule has 8 aromatic carbocycles. The molecule has 0 radical (unpaired) electrons. The van der Waals surface area contributed by atoms with Gasteiger partial charge in [-0.05, 0) is 69.1 Å². The van der Waals surface area contributed by atoms with Crippen molar-refractivity contribution in [3.8, 4) is 33.6 Å². The lowest BCUT2D eigenvalue weighted by Crippen LogP contribution is -1.91. The lowest BCUT2D eigenvalue weighted by Gasteiger charge is -2.17.